The Morgan fingerprint density at radius 1 is 1.41 bits per heavy atom. The fourth-order valence-corrected chi connectivity index (χ4v) is 2.83. The summed E-state index contributed by atoms with van der Waals surface area (Å²) in [6.45, 7) is 3.70. The predicted molar refractivity (Wildman–Crippen MR) is 92.7 cm³/mol. The Morgan fingerprint density at radius 2 is 2.14 bits per heavy atom. The van der Waals surface area contributed by atoms with Gasteiger partial charge in [-0.1, -0.05) is 12.1 Å². The molecule has 22 heavy (non-hydrogen) atoms. The van der Waals surface area contributed by atoms with Gasteiger partial charge in [0.25, 0.3) is 0 Å². The lowest BCUT2D eigenvalue weighted by molar-refractivity contribution is -0.125. The molecular weight excluding hydrogens is 323 g/mol. The van der Waals surface area contributed by atoms with Gasteiger partial charge in [-0.25, -0.2) is 4.98 Å². The van der Waals surface area contributed by atoms with E-state index < -0.39 is 0 Å². The molecule has 1 aromatic carbocycles. The highest BCUT2D eigenvalue weighted by Gasteiger charge is 2.25. The summed E-state index contributed by atoms with van der Waals surface area (Å²) < 4.78 is 2.05. The SMILES string of the molecule is CC(NC(=O)C1CCNC1)c1nc2ccccc2n1C.Cl.Cl. The van der Waals surface area contributed by atoms with Gasteiger partial charge in [0.1, 0.15) is 5.82 Å². The van der Waals surface area contributed by atoms with Crippen molar-refractivity contribution in [1.82, 2.24) is 20.2 Å². The van der Waals surface area contributed by atoms with Gasteiger partial charge in [-0.05, 0) is 32.0 Å². The van der Waals surface area contributed by atoms with Gasteiger partial charge >= 0.3 is 0 Å². The average molecular weight is 345 g/mol. The molecule has 7 heteroatoms. The number of amides is 1. The highest BCUT2D eigenvalue weighted by Crippen LogP contribution is 2.20. The third-order valence-corrected chi connectivity index (χ3v) is 4.00. The first-order valence-corrected chi connectivity index (χ1v) is 7.09. The second-order valence-corrected chi connectivity index (χ2v) is 5.44. The van der Waals surface area contributed by atoms with Crippen LogP contribution in [0.25, 0.3) is 11.0 Å². The number of rotatable bonds is 3. The Bertz CT molecular complexity index is 638. The highest BCUT2D eigenvalue weighted by atomic mass is 35.5. The minimum Gasteiger partial charge on any atom is -0.346 e. The monoisotopic (exact) mass is 344 g/mol. The topological polar surface area (TPSA) is 59.0 Å². The number of nitrogens with one attached hydrogen (secondary N) is 2. The van der Waals surface area contributed by atoms with Crippen LogP contribution in [0.15, 0.2) is 24.3 Å². The second-order valence-electron chi connectivity index (χ2n) is 5.44. The number of imidazole rings is 1. The first kappa shape index (κ1) is 18.7. The Labute approximate surface area is 142 Å². The third-order valence-electron chi connectivity index (χ3n) is 4.00. The van der Waals surface area contributed by atoms with Crippen molar-refractivity contribution in [2.75, 3.05) is 13.1 Å². The van der Waals surface area contributed by atoms with Crippen LogP contribution >= 0.6 is 24.8 Å². The molecule has 2 aromatic rings. The zero-order valence-electron chi connectivity index (χ0n) is 12.7. The number of hydrogen-bond donors (Lipinski definition) is 2. The summed E-state index contributed by atoms with van der Waals surface area (Å²) in [7, 11) is 1.99. The standard InChI is InChI=1S/C15H20N4O.2ClH/c1-10(17-15(20)11-7-8-16-9-11)14-18-12-5-3-4-6-13(12)19(14)2;;/h3-6,10-11,16H,7-9H2,1-2H3,(H,17,20);2*1H. The van der Waals surface area contributed by atoms with Crippen molar-refractivity contribution < 1.29 is 4.79 Å². The van der Waals surface area contributed by atoms with Crippen molar-refractivity contribution in [3.63, 3.8) is 0 Å². The van der Waals surface area contributed by atoms with E-state index in [1.165, 1.54) is 0 Å². The number of fused-ring (bicyclic) bond motifs is 1. The lowest BCUT2D eigenvalue weighted by atomic mass is 10.1. The van der Waals surface area contributed by atoms with Crippen LogP contribution in [0.5, 0.6) is 0 Å². The van der Waals surface area contributed by atoms with E-state index in [0.29, 0.717) is 0 Å². The summed E-state index contributed by atoms with van der Waals surface area (Å²) >= 11 is 0. The van der Waals surface area contributed by atoms with E-state index >= 15 is 0 Å². The summed E-state index contributed by atoms with van der Waals surface area (Å²) in [4.78, 5) is 16.8. The molecule has 2 heterocycles. The maximum absolute atomic E-state index is 12.2. The molecule has 0 radical (unpaired) electrons. The fraction of sp³-hybridized carbons (Fsp3) is 0.467. The number of halogens is 2. The van der Waals surface area contributed by atoms with Crippen molar-refractivity contribution in [1.29, 1.82) is 0 Å². The molecule has 5 nitrogen and oxygen atoms in total. The van der Waals surface area contributed by atoms with E-state index in [2.05, 4.69) is 15.6 Å². The van der Waals surface area contributed by atoms with Gasteiger partial charge in [-0.2, -0.15) is 0 Å². The van der Waals surface area contributed by atoms with Crippen LogP contribution in [-0.2, 0) is 11.8 Å². The Hall–Kier alpha value is -1.30. The van der Waals surface area contributed by atoms with Crippen LogP contribution < -0.4 is 10.6 Å². The Morgan fingerprint density at radius 3 is 2.77 bits per heavy atom. The molecule has 1 aromatic heterocycles. The number of aromatic nitrogens is 2. The molecule has 122 valence electrons. The first-order valence-electron chi connectivity index (χ1n) is 7.09. The average Bonchev–Trinajstić information content (AvgIpc) is 3.07. The zero-order valence-corrected chi connectivity index (χ0v) is 14.3. The van der Waals surface area contributed by atoms with Crippen molar-refractivity contribution in [2.45, 2.75) is 19.4 Å². The van der Waals surface area contributed by atoms with Crippen molar-refractivity contribution in [3.8, 4) is 0 Å². The Kier molecular flexibility index (Phi) is 6.66. The van der Waals surface area contributed by atoms with Crippen molar-refractivity contribution in [2.24, 2.45) is 13.0 Å². The second kappa shape index (κ2) is 7.81. The van der Waals surface area contributed by atoms with Gasteiger partial charge < -0.3 is 15.2 Å². The molecule has 1 aliphatic rings. The zero-order chi connectivity index (χ0) is 14.1. The van der Waals surface area contributed by atoms with Crippen LogP contribution in [0.1, 0.15) is 25.2 Å². The molecule has 3 rings (SSSR count). The number of para-hydroxylation sites is 2. The summed E-state index contributed by atoms with van der Waals surface area (Å²) in [5, 5.41) is 6.30. The normalized spacial score (nSPS) is 18.4. The summed E-state index contributed by atoms with van der Waals surface area (Å²) in [6.07, 6.45) is 0.918. The Balaban J connectivity index is 0.00000121. The summed E-state index contributed by atoms with van der Waals surface area (Å²) in [5.74, 6) is 1.10. The van der Waals surface area contributed by atoms with E-state index in [1.807, 2.05) is 42.8 Å². The minimum atomic E-state index is -0.0829. The number of nitrogens with zero attached hydrogens (tertiary/aromatic N) is 2. The largest absolute Gasteiger partial charge is 0.346 e. The van der Waals surface area contributed by atoms with E-state index in [4.69, 9.17) is 0 Å². The van der Waals surface area contributed by atoms with Crippen LogP contribution in [0.3, 0.4) is 0 Å². The van der Waals surface area contributed by atoms with Crippen LogP contribution in [0.2, 0.25) is 0 Å². The molecule has 1 aliphatic heterocycles. The molecule has 2 atom stereocenters. The van der Waals surface area contributed by atoms with Crippen LogP contribution in [0.4, 0.5) is 0 Å². The molecule has 0 saturated carbocycles. The van der Waals surface area contributed by atoms with E-state index in [0.717, 1.165) is 36.4 Å². The van der Waals surface area contributed by atoms with E-state index in [9.17, 15) is 4.79 Å². The van der Waals surface area contributed by atoms with E-state index in [-0.39, 0.29) is 42.7 Å². The number of benzene rings is 1. The molecule has 0 spiro atoms. The van der Waals surface area contributed by atoms with Gasteiger partial charge in [0, 0.05) is 13.6 Å². The highest BCUT2D eigenvalue weighted by molar-refractivity contribution is 5.85. The fourth-order valence-electron chi connectivity index (χ4n) is 2.83. The molecular formula is C15H22Cl2N4O. The third kappa shape index (κ3) is 3.54. The smallest absolute Gasteiger partial charge is 0.225 e. The van der Waals surface area contributed by atoms with Gasteiger partial charge in [-0.15, -0.1) is 24.8 Å². The molecule has 0 bridgehead atoms. The number of carbonyl (C=O) groups excluding carboxylic acids is 1. The quantitative estimate of drug-likeness (QED) is 0.897. The molecule has 0 aliphatic carbocycles. The van der Waals surface area contributed by atoms with E-state index in [1.54, 1.807) is 0 Å². The maximum Gasteiger partial charge on any atom is 0.225 e. The molecule has 2 N–H and O–H groups in total. The number of aryl methyl sites for hydroxylation is 1. The van der Waals surface area contributed by atoms with Crippen LogP contribution in [0, 0.1) is 5.92 Å². The summed E-state index contributed by atoms with van der Waals surface area (Å²) in [6, 6.07) is 7.93. The van der Waals surface area contributed by atoms with Gasteiger partial charge in [0.2, 0.25) is 5.91 Å². The molecule has 1 amide bonds. The lowest BCUT2D eigenvalue weighted by Crippen LogP contribution is -2.34. The minimum absolute atomic E-state index is 0. The predicted octanol–water partition coefficient (Wildman–Crippen LogP) is 2.20. The summed E-state index contributed by atoms with van der Waals surface area (Å²) in [5.41, 5.74) is 2.06. The molecule has 1 fully saturated rings. The number of hydrogen-bond acceptors (Lipinski definition) is 3. The molecule has 2 unspecified atom stereocenters. The van der Waals surface area contributed by atoms with Gasteiger partial charge in [0.05, 0.1) is 23.0 Å². The molecule has 1 saturated heterocycles. The van der Waals surface area contributed by atoms with Crippen molar-refractivity contribution in [3.05, 3.63) is 30.1 Å². The van der Waals surface area contributed by atoms with Gasteiger partial charge in [0.15, 0.2) is 0 Å². The first-order chi connectivity index (χ1) is 9.66. The van der Waals surface area contributed by atoms with Crippen LogP contribution in [-0.4, -0.2) is 28.5 Å². The number of carbonyl (C=O) groups is 1. The van der Waals surface area contributed by atoms with Crippen molar-refractivity contribution >= 4 is 41.8 Å². The lowest BCUT2D eigenvalue weighted by Gasteiger charge is -2.16. The van der Waals surface area contributed by atoms with Gasteiger partial charge in [-0.3, -0.25) is 4.79 Å². The maximum atomic E-state index is 12.2.